The summed E-state index contributed by atoms with van der Waals surface area (Å²) in [4.78, 5) is 23.7. The van der Waals surface area contributed by atoms with Gasteiger partial charge in [-0.15, -0.1) is 11.8 Å². The molecule has 0 aliphatic rings. The summed E-state index contributed by atoms with van der Waals surface area (Å²) in [6.45, 7) is 5.48. The quantitative estimate of drug-likeness (QED) is 0.140. The van der Waals surface area contributed by atoms with E-state index in [4.69, 9.17) is 24.3 Å². The molecule has 0 aliphatic carbocycles. The summed E-state index contributed by atoms with van der Waals surface area (Å²) in [6.07, 6.45) is 5.79. The molecule has 0 saturated heterocycles. The molecule has 0 fully saturated rings. The predicted molar refractivity (Wildman–Crippen MR) is 145 cm³/mol. The van der Waals surface area contributed by atoms with E-state index in [0.717, 1.165) is 29.7 Å². The van der Waals surface area contributed by atoms with Crippen molar-refractivity contribution < 1.29 is 23.1 Å². The number of aromatic nitrogens is 4. The summed E-state index contributed by atoms with van der Waals surface area (Å²) >= 11 is 1.65. The summed E-state index contributed by atoms with van der Waals surface area (Å²) in [5, 5.41) is 0. The first-order valence-corrected chi connectivity index (χ1v) is 15.2. The minimum atomic E-state index is -3.60. The number of fused-ring (bicyclic) bond motifs is 1. The molecule has 3 rings (SSSR count). The first-order chi connectivity index (χ1) is 17.9. The van der Waals surface area contributed by atoms with Crippen molar-refractivity contribution in [3.05, 3.63) is 46.5 Å². The Labute approximate surface area is 221 Å². The summed E-state index contributed by atoms with van der Waals surface area (Å²) < 4.78 is 38.4. The smallest absolute Gasteiger partial charge is 0.356 e. The van der Waals surface area contributed by atoms with Crippen LogP contribution in [0.25, 0.3) is 11.2 Å². The van der Waals surface area contributed by atoms with E-state index < -0.39 is 13.2 Å². The Morgan fingerprint density at radius 2 is 1.97 bits per heavy atom. The molecule has 2 aromatic heterocycles. The third-order valence-corrected chi connectivity index (χ3v) is 7.88. The molecule has 0 radical (unpaired) electrons. The number of hydrogen-bond donors (Lipinski definition) is 2. The minimum absolute atomic E-state index is 0.00339. The lowest BCUT2D eigenvalue weighted by Gasteiger charge is -2.22. The Kier molecular flexibility index (Phi) is 11.6. The Morgan fingerprint density at radius 3 is 2.68 bits per heavy atom. The zero-order valence-corrected chi connectivity index (χ0v) is 23.3. The minimum Gasteiger partial charge on any atom is -0.376 e. The van der Waals surface area contributed by atoms with Gasteiger partial charge in [0, 0.05) is 18.0 Å². The van der Waals surface area contributed by atoms with Crippen LogP contribution in [0, 0.1) is 0 Å². The Hall–Kier alpha value is -2.21. The van der Waals surface area contributed by atoms with Crippen molar-refractivity contribution in [1.29, 1.82) is 0 Å². The number of anilines is 1. The zero-order valence-electron chi connectivity index (χ0n) is 21.6. The number of thioether (sulfide) groups is 1. The van der Waals surface area contributed by atoms with Gasteiger partial charge in [-0.2, -0.15) is 4.98 Å². The van der Waals surface area contributed by atoms with Gasteiger partial charge in [0.25, 0.3) is 5.56 Å². The van der Waals surface area contributed by atoms with Crippen molar-refractivity contribution in [1.82, 2.24) is 19.5 Å². The highest BCUT2D eigenvalue weighted by atomic mass is 32.2. The van der Waals surface area contributed by atoms with E-state index in [0.29, 0.717) is 18.8 Å². The van der Waals surface area contributed by atoms with Crippen molar-refractivity contribution in [3.63, 3.8) is 0 Å². The molecule has 0 spiro atoms. The van der Waals surface area contributed by atoms with Crippen LogP contribution in [-0.2, 0) is 36.2 Å². The van der Waals surface area contributed by atoms with Crippen LogP contribution in [0.2, 0.25) is 0 Å². The molecule has 2 atom stereocenters. The maximum atomic E-state index is 13.6. The molecule has 2 heterocycles. The van der Waals surface area contributed by atoms with Crippen LogP contribution in [0.4, 0.5) is 5.95 Å². The number of nitrogens with one attached hydrogen (secondary N) is 1. The average molecular weight is 554 g/mol. The van der Waals surface area contributed by atoms with Crippen LogP contribution in [0.5, 0.6) is 0 Å². The van der Waals surface area contributed by atoms with E-state index in [9.17, 15) is 9.36 Å². The van der Waals surface area contributed by atoms with Crippen molar-refractivity contribution in [2.45, 2.75) is 57.3 Å². The second-order valence-electron chi connectivity index (χ2n) is 8.38. The number of nitrogens with zero attached hydrogens (tertiary/aromatic N) is 3. The third kappa shape index (κ3) is 8.94. The molecule has 13 heteroatoms. The van der Waals surface area contributed by atoms with Crippen LogP contribution in [0.3, 0.4) is 0 Å². The van der Waals surface area contributed by atoms with Crippen molar-refractivity contribution in [2.24, 2.45) is 0 Å². The van der Waals surface area contributed by atoms with Gasteiger partial charge in [-0.1, -0.05) is 32.4 Å². The van der Waals surface area contributed by atoms with E-state index in [1.54, 1.807) is 16.3 Å². The lowest BCUT2D eigenvalue weighted by Crippen LogP contribution is -2.20. The molecular weight excluding hydrogens is 517 g/mol. The van der Waals surface area contributed by atoms with Gasteiger partial charge in [-0.05, 0) is 36.8 Å². The predicted octanol–water partition coefficient (Wildman–Crippen LogP) is 4.42. The van der Waals surface area contributed by atoms with Gasteiger partial charge in [0.1, 0.15) is 6.35 Å². The highest BCUT2D eigenvalue weighted by molar-refractivity contribution is 7.98. The lowest BCUT2D eigenvalue weighted by molar-refractivity contribution is 0.00858. The number of hydrogen-bond acceptors (Lipinski definition) is 10. The number of nitrogens with two attached hydrogens (primary N) is 1. The highest BCUT2D eigenvalue weighted by Gasteiger charge is 2.27. The largest absolute Gasteiger partial charge is 0.376 e. The van der Waals surface area contributed by atoms with Crippen molar-refractivity contribution >= 4 is 36.5 Å². The van der Waals surface area contributed by atoms with Crippen LogP contribution in [0.15, 0.2) is 40.3 Å². The van der Waals surface area contributed by atoms with E-state index in [-0.39, 0.29) is 43.7 Å². The molecule has 0 saturated carbocycles. The third-order valence-electron chi connectivity index (χ3n) is 5.57. The fourth-order valence-corrected chi connectivity index (χ4v) is 5.08. The molecule has 0 amide bonds. The SMILES string of the molecule is CCCCOC(CC)COP(=O)(COCCn1cnc2c(=O)[nH]c(N)nc21)OCc1ccc(SC)cc1. The van der Waals surface area contributed by atoms with Gasteiger partial charge in [0.2, 0.25) is 5.95 Å². The number of aromatic amines is 1. The van der Waals surface area contributed by atoms with Gasteiger partial charge in [0.15, 0.2) is 11.2 Å². The topological polar surface area (TPSA) is 144 Å². The maximum absolute atomic E-state index is 13.6. The first kappa shape index (κ1) is 29.3. The number of unbranched alkanes of at least 4 members (excludes halogenated alkanes) is 1. The highest BCUT2D eigenvalue weighted by Crippen LogP contribution is 2.49. The van der Waals surface area contributed by atoms with Crippen LogP contribution in [0.1, 0.15) is 38.7 Å². The first-order valence-electron chi connectivity index (χ1n) is 12.3. The Morgan fingerprint density at radius 1 is 1.19 bits per heavy atom. The summed E-state index contributed by atoms with van der Waals surface area (Å²) in [5.74, 6) is 0.00339. The fourth-order valence-electron chi connectivity index (χ4n) is 3.35. The Balaban J connectivity index is 1.61. The van der Waals surface area contributed by atoms with Gasteiger partial charge in [-0.25, -0.2) is 4.98 Å². The van der Waals surface area contributed by atoms with Crippen LogP contribution >= 0.6 is 19.4 Å². The number of ether oxygens (including phenoxy) is 2. The molecule has 3 N–H and O–H groups in total. The van der Waals surface area contributed by atoms with Crippen LogP contribution < -0.4 is 11.3 Å². The standard InChI is InChI=1S/C24H36N5O6PS/c1-4-6-12-33-19(5-2)15-35-36(31,34-14-18-7-9-20(37-3)10-8-18)17-32-13-11-29-16-26-21-22(29)27-24(25)28-23(21)30/h7-10,16,19H,4-6,11-15,17H2,1-3H3,(H3,25,27,28,30). The van der Waals surface area contributed by atoms with Gasteiger partial charge >= 0.3 is 7.60 Å². The molecule has 0 aliphatic heterocycles. The maximum Gasteiger partial charge on any atom is 0.356 e. The number of benzene rings is 1. The fraction of sp³-hybridized carbons (Fsp3) is 0.542. The van der Waals surface area contributed by atoms with E-state index in [1.807, 2.05) is 37.4 Å². The van der Waals surface area contributed by atoms with Gasteiger partial charge < -0.3 is 28.8 Å². The van der Waals surface area contributed by atoms with Gasteiger partial charge in [-0.3, -0.25) is 14.3 Å². The number of imidazole rings is 1. The molecule has 3 aromatic rings. The Bertz CT molecular complexity index is 1220. The average Bonchev–Trinajstić information content (AvgIpc) is 3.31. The lowest BCUT2D eigenvalue weighted by atomic mass is 10.2. The second kappa shape index (κ2) is 14.7. The summed E-state index contributed by atoms with van der Waals surface area (Å²) in [7, 11) is -3.60. The number of rotatable bonds is 17. The molecule has 2 unspecified atom stereocenters. The number of nitrogen functional groups attached to an aromatic ring is 1. The molecular formula is C24H36N5O6PS. The van der Waals surface area contributed by atoms with Crippen molar-refractivity contribution in [2.75, 3.05) is 38.2 Å². The molecule has 11 nitrogen and oxygen atoms in total. The molecule has 204 valence electrons. The van der Waals surface area contributed by atoms with Crippen molar-refractivity contribution in [3.8, 4) is 0 Å². The van der Waals surface area contributed by atoms with Crippen LogP contribution in [-0.4, -0.2) is 58.0 Å². The van der Waals surface area contributed by atoms with E-state index >= 15 is 0 Å². The van der Waals surface area contributed by atoms with E-state index in [2.05, 4.69) is 21.9 Å². The normalized spacial score (nSPS) is 14.1. The summed E-state index contributed by atoms with van der Waals surface area (Å²) in [5.41, 5.74) is 6.66. The molecule has 0 bridgehead atoms. The van der Waals surface area contributed by atoms with E-state index in [1.165, 1.54) is 6.33 Å². The summed E-state index contributed by atoms with van der Waals surface area (Å²) in [6, 6.07) is 7.85. The zero-order chi connectivity index (χ0) is 26.7. The second-order valence-corrected chi connectivity index (χ2v) is 11.3. The monoisotopic (exact) mass is 553 g/mol. The van der Waals surface area contributed by atoms with Gasteiger partial charge in [0.05, 0.1) is 32.3 Å². The molecule has 37 heavy (non-hydrogen) atoms. The molecule has 1 aromatic carbocycles. The number of H-pyrrole nitrogens is 1.